The van der Waals surface area contributed by atoms with Crippen molar-refractivity contribution in [2.45, 2.75) is 77.2 Å². The number of hydrazone groups is 1. The number of ether oxygens (including phenoxy) is 1. The lowest BCUT2D eigenvalue weighted by molar-refractivity contribution is -0.137. The van der Waals surface area contributed by atoms with Crippen LogP contribution < -0.4 is 5.43 Å². The van der Waals surface area contributed by atoms with Gasteiger partial charge in [-0.1, -0.05) is 6.92 Å². The summed E-state index contributed by atoms with van der Waals surface area (Å²) in [4.78, 5) is 17.3. The van der Waals surface area contributed by atoms with Crippen molar-refractivity contribution >= 4 is 23.4 Å². The second-order valence-electron chi connectivity index (χ2n) is 12.0. The third kappa shape index (κ3) is 4.66. The fraction of sp³-hybridized carbons (Fsp3) is 0.786. The van der Waals surface area contributed by atoms with Gasteiger partial charge in [-0.05, 0) is 106 Å². The molecule has 7 nitrogen and oxygen atoms in total. The first-order valence-electron chi connectivity index (χ1n) is 13.8. The number of aliphatic imine (C=N–C) groups is 1. The van der Waals surface area contributed by atoms with E-state index in [1.165, 1.54) is 19.3 Å². The molecule has 4 saturated carbocycles. The molecular weight excluding hydrogens is 440 g/mol. The van der Waals surface area contributed by atoms with Gasteiger partial charge in [-0.2, -0.15) is 5.10 Å². The lowest BCUT2D eigenvalue weighted by Crippen LogP contribution is -2.52. The Kier molecular flexibility index (Phi) is 7.01. The number of rotatable bonds is 7. The summed E-state index contributed by atoms with van der Waals surface area (Å²) in [7, 11) is 0. The molecule has 5 rings (SSSR count). The Hall–Kier alpha value is -1.86. The number of hydrogen-bond donors (Lipinski definition) is 3. The van der Waals surface area contributed by atoms with Crippen LogP contribution in [0.4, 0.5) is 0 Å². The zero-order chi connectivity index (χ0) is 24.6. The monoisotopic (exact) mass is 482 g/mol. The number of nitrogens with zero attached hydrogens (tertiary/aromatic N) is 2. The van der Waals surface area contributed by atoms with E-state index in [0.717, 1.165) is 56.3 Å². The number of hydrogen-bond acceptors (Lipinski definition) is 7. The number of allylic oxidation sites excluding steroid dienone is 1. The fourth-order valence-corrected chi connectivity index (χ4v) is 8.72. The number of aliphatic hydroxyl groups is 1. The van der Waals surface area contributed by atoms with Crippen molar-refractivity contribution < 1.29 is 14.6 Å². The third-order valence-electron chi connectivity index (χ3n) is 10.3. The summed E-state index contributed by atoms with van der Waals surface area (Å²) in [5.41, 5.74) is 3.16. The molecule has 192 valence electrons. The van der Waals surface area contributed by atoms with Crippen molar-refractivity contribution in [2.24, 2.45) is 51.0 Å². The molecule has 3 N–H and O–H groups in total. The highest BCUT2D eigenvalue weighted by atomic mass is 16.5. The predicted molar refractivity (Wildman–Crippen MR) is 138 cm³/mol. The molecule has 0 bridgehead atoms. The summed E-state index contributed by atoms with van der Waals surface area (Å²) in [5.74, 6) is 3.83. The molecule has 5 aliphatic rings. The van der Waals surface area contributed by atoms with Crippen molar-refractivity contribution in [1.82, 2.24) is 5.43 Å². The van der Waals surface area contributed by atoms with Gasteiger partial charge in [0.15, 0.2) is 5.78 Å². The van der Waals surface area contributed by atoms with Gasteiger partial charge in [0.2, 0.25) is 0 Å². The minimum absolute atomic E-state index is 0.0893. The highest BCUT2D eigenvalue weighted by molar-refractivity contribution is 6.65. The number of ketones is 1. The molecule has 4 fully saturated rings. The molecule has 1 heterocycles. The molecule has 0 aromatic heterocycles. The molecule has 0 aromatic rings. The van der Waals surface area contributed by atoms with Gasteiger partial charge in [0.1, 0.15) is 5.71 Å². The SMILES string of the molecule is CCOC[C@@]1(O)CC[C@H]2[C@@H](CC[C@@H]3[C@@H]2CC[C@]2(C)[C@@H](C(=O)CN/N=C4/C=NC=CC4=N)CC[C@@H]32)C1. The minimum atomic E-state index is -0.632. The highest BCUT2D eigenvalue weighted by Gasteiger charge is 2.58. The first-order chi connectivity index (χ1) is 16.8. The molecule has 0 radical (unpaired) electrons. The van der Waals surface area contributed by atoms with E-state index in [1.807, 2.05) is 6.92 Å². The Bertz CT molecular complexity index is 929. The van der Waals surface area contributed by atoms with E-state index in [9.17, 15) is 9.90 Å². The normalized spacial score (nSPS) is 43.5. The molecule has 0 aromatic carbocycles. The third-order valence-corrected chi connectivity index (χ3v) is 10.3. The van der Waals surface area contributed by atoms with Crippen LogP contribution in [0, 0.1) is 46.3 Å². The Balaban J connectivity index is 1.21. The van der Waals surface area contributed by atoms with Gasteiger partial charge in [0.25, 0.3) is 0 Å². The molecule has 7 heteroatoms. The van der Waals surface area contributed by atoms with Gasteiger partial charge in [-0.25, -0.2) is 0 Å². The van der Waals surface area contributed by atoms with Crippen molar-refractivity contribution in [3.63, 3.8) is 0 Å². The number of Topliss-reactive ketones (excluding diaryl/α,β-unsaturated/α-hetero) is 1. The number of carbonyl (C=O) groups is 1. The second-order valence-corrected chi connectivity index (χ2v) is 12.0. The van der Waals surface area contributed by atoms with Crippen molar-refractivity contribution in [3.8, 4) is 0 Å². The molecule has 35 heavy (non-hydrogen) atoms. The maximum atomic E-state index is 13.3. The zero-order valence-electron chi connectivity index (χ0n) is 21.3. The molecule has 0 unspecified atom stereocenters. The zero-order valence-corrected chi connectivity index (χ0v) is 21.3. The van der Waals surface area contributed by atoms with Crippen molar-refractivity contribution in [3.05, 3.63) is 12.3 Å². The summed E-state index contributed by atoms with van der Waals surface area (Å²) in [5, 5.41) is 23.2. The van der Waals surface area contributed by atoms with Gasteiger partial charge in [-0.15, -0.1) is 0 Å². The van der Waals surface area contributed by atoms with E-state index in [2.05, 4.69) is 22.4 Å². The second kappa shape index (κ2) is 9.89. The molecule has 0 saturated heterocycles. The Morgan fingerprint density at radius 3 is 2.83 bits per heavy atom. The van der Waals surface area contributed by atoms with E-state index >= 15 is 0 Å². The first-order valence-corrected chi connectivity index (χ1v) is 13.8. The lowest BCUT2D eigenvalue weighted by Gasteiger charge is -2.57. The number of fused-ring (bicyclic) bond motifs is 5. The highest BCUT2D eigenvalue weighted by Crippen LogP contribution is 2.64. The largest absolute Gasteiger partial charge is 0.387 e. The Morgan fingerprint density at radius 2 is 2.03 bits per heavy atom. The molecule has 8 atom stereocenters. The molecule has 4 aliphatic carbocycles. The summed E-state index contributed by atoms with van der Waals surface area (Å²) >= 11 is 0. The van der Waals surface area contributed by atoms with Crippen LogP contribution in [0.5, 0.6) is 0 Å². The van der Waals surface area contributed by atoms with Gasteiger partial charge in [-0.3, -0.25) is 15.2 Å². The van der Waals surface area contributed by atoms with Crippen LogP contribution in [0.1, 0.15) is 71.6 Å². The predicted octanol–water partition coefficient (Wildman–Crippen LogP) is 4.16. The topological polar surface area (TPSA) is 107 Å². The van der Waals surface area contributed by atoms with Gasteiger partial charge >= 0.3 is 0 Å². The maximum absolute atomic E-state index is 13.3. The van der Waals surface area contributed by atoms with Crippen LogP contribution in [-0.4, -0.2) is 53.9 Å². The molecular formula is C28H42N4O3. The molecule has 0 amide bonds. The quantitative estimate of drug-likeness (QED) is 0.474. The van der Waals surface area contributed by atoms with E-state index in [-0.39, 0.29) is 23.7 Å². The van der Waals surface area contributed by atoms with Gasteiger partial charge in [0.05, 0.1) is 30.7 Å². The lowest BCUT2D eigenvalue weighted by atomic mass is 9.49. The summed E-state index contributed by atoms with van der Waals surface area (Å²) < 4.78 is 5.62. The fourth-order valence-electron chi connectivity index (χ4n) is 8.72. The summed E-state index contributed by atoms with van der Waals surface area (Å²) in [6, 6.07) is 0. The van der Waals surface area contributed by atoms with Crippen LogP contribution in [0.25, 0.3) is 0 Å². The average Bonchev–Trinajstić information content (AvgIpc) is 3.21. The van der Waals surface area contributed by atoms with E-state index < -0.39 is 5.60 Å². The standard InChI is InChI=1S/C28H42N4O3/c1-3-35-17-28(34)12-9-19-18(14-28)4-5-21-20(19)8-11-27(2)22(21)6-7-23(27)26(33)16-31-32-25-15-30-13-10-24(25)29/h10,13,15,18-23,29,31,34H,3-9,11-12,14,16-17H2,1-2H3/b29-24?,32-25-/t18-,19-,20+,21+,22-,23+,27-,28+/m0/s1. The average molecular weight is 483 g/mol. The van der Waals surface area contributed by atoms with E-state index in [4.69, 9.17) is 10.1 Å². The van der Waals surface area contributed by atoms with Crippen molar-refractivity contribution in [1.29, 1.82) is 5.41 Å². The van der Waals surface area contributed by atoms with E-state index in [0.29, 0.717) is 36.5 Å². The van der Waals surface area contributed by atoms with Crippen molar-refractivity contribution in [2.75, 3.05) is 19.8 Å². The summed E-state index contributed by atoms with van der Waals surface area (Å²) in [6.45, 7) is 5.75. The van der Waals surface area contributed by atoms with Gasteiger partial charge < -0.3 is 15.3 Å². The molecule has 0 spiro atoms. The maximum Gasteiger partial charge on any atom is 0.157 e. The van der Waals surface area contributed by atoms with Crippen LogP contribution in [0.2, 0.25) is 0 Å². The van der Waals surface area contributed by atoms with Crippen LogP contribution in [-0.2, 0) is 9.53 Å². The number of carbonyl (C=O) groups excluding carboxylic acids is 1. The Morgan fingerprint density at radius 1 is 1.20 bits per heavy atom. The smallest absolute Gasteiger partial charge is 0.157 e. The van der Waals surface area contributed by atoms with Crippen LogP contribution >= 0.6 is 0 Å². The molecule has 1 aliphatic heterocycles. The Labute approximate surface area is 209 Å². The number of nitrogens with one attached hydrogen (secondary N) is 2. The van der Waals surface area contributed by atoms with Gasteiger partial charge in [0, 0.05) is 18.7 Å². The minimum Gasteiger partial charge on any atom is -0.387 e. The first kappa shape index (κ1) is 24.8. The van der Waals surface area contributed by atoms with Crippen LogP contribution in [0.15, 0.2) is 22.4 Å². The van der Waals surface area contributed by atoms with Crippen LogP contribution in [0.3, 0.4) is 0 Å². The summed E-state index contributed by atoms with van der Waals surface area (Å²) in [6.07, 6.45) is 14.6. The van der Waals surface area contributed by atoms with E-state index in [1.54, 1.807) is 18.5 Å².